The van der Waals surface area contributed by atoms with Crippen LogP contribution in [0.5, 0.6) is 0 Å². The number of aromatic nitrogens is 2. The fourth-order valence-electron chi connectivity index (χ4n) is 2.11. The average Bonchev–Trinajstić information content (AvgIpc) is 2.43. The number of hydrogen-bond acceptors (Lipinski definition) is 3. The molecule has 0 aliphatic rings. The number of rotatable bonds is 11. The summed E-state index contributed by atoms with van der Waals surface area (Å²) in [6, 6.07) is 0. The van der Waals surface area contributed by atoms with Gasteiger partial charge in [0.25, 0.3) is 0 Å². The molecule has 0 fully saturated rings. The highest BCUT2D eigenvalue weighted by Crippen LogP contribution is 2.07. The largest absolute Gasteiger partial charge is 0.311 e. The maximum atomic E-state index is 4.33. The molecule has 1 N–H and O–H groups in total. The van der Waals surface area contributed by atoms with Gasteiger partial charge >= 0.3 is 0 Å². The van der Waals surface area contributed by atoms with Crippen molar-refractivity contribution < 1.29 is 0 Å². The fraction of sp³-hybridized carbons (Fsp3) is 0.750. The van der Waals surface area contributed by atoms with Crippen LogP contribution in [0.1, 0.15) is 69.7 Å². The minimum absolute atomic E-state index is 0.837. The van der Waals surface area contributed by atoms with Crippen molar-refractivity contribution in [3.8, 4) is 0 Å². The Balaban J connectivity index is 1.87. The van der Waals surface area contributed by atoms with Gasteiger partial charge in [-0.25, -0.2) is 0 Å². The third kappa shape index (κ3) is 8.71. The van der Waals surface area contributed by atoms with E-state index in [4.69, 9.17) is 0 Å². The van der Waals surface area contributed by atoms with Crippen LogP contribution < -0.4 is 5.32 Å². The van der Waals surface area contributed by atoms with Gasteiger partial charge in [-0.15, -0.1) is 0 Å². The molecule has 1 heterocycles. The molecule has 19 heavy (non-hydrogen) atoms. The van der Waals surface area contributed by atoms with Crippen LogP contribution in [0, 0.1) is 6.92 Å². The predicted octanol–water partition coefficient (Wildman–Crippen LogP) is 4.02. The van der Waals surface area contributed by atoms with Gasteiger partial charge in [-0.05, 0) is 19.9 Å². The molecule has 1 rings (SSSR count). The average molecular weight is 263 g/mol. The summed E-state index contributed by atoms with van der Waals surface area (Å²) in [4.78, 5) is 8.57. The van der Waals surface area contributed by atoms with Crippen molar-refractivity contribution in [3.05, 3.63) is 23.8 Å². The minimum atomic E-state index is 0.837. The van der Waals surface area contributed by atoms with E-state index in [0.717, 1.165) is 24.5 Å². The van der Waals surface area contributed by atoms with E-state index < -0.39 is 0 Å². The summed E-state index contributed by atoms with van der Waals surface area (Å²) in [5.74, 6) is 0. The first-order valence-electron chi connectivity index (χ1n) is 7.81. The number of nitrogens with zero attached hydrogens (tertiary/aromatic N) is 2. The molecule has 0 bridgehead atoms. The van der Waals surface area contributed by atoms with Crippen molar-refractivity contribution in [1.29, 1.82) is 0 Å². The lowest BCUT2D eigenvalue weighted by Gasteiger charge is -2.04. The Hall–Kier alpha value is -0.960. The van der Waals surface area contributed by atoms with Crippen molar-refractivity contribution in [3.63, 3.8) is 0 Å². The van der Waals surface area contributed by atoms with Crippen LogP contribution in [0.25, 0.3) is 0 Å². The van der Waals surface area contributed by atoms with Gasteiger partial charge in [-0.1, -0.05) is 51.9 Å². The molecular formula is C16H29N3. The van der Waals surface area contributed by atoms with Gasteiger partial charge in [0.15, 0.2) is 0 Å². The van der Waals surface area contributed by atoms with Gasteiger partial charge < -0.3 is 5.32 Å². The highest BCUT2D eigenvalue weighted by atomic mass is 14.9. The van der Waals surface area contributed by atoms with E-state index in [-0.39, 0.29) is 0 Å². The normalized spacial score (nSPS) is 10.8. The molecule has 1 aromatic rings. The molecule has 0 spiro atoms. The summed E-state index contributed by atoms with van der Waals surface area (Å²) in [6.45, 7) is 6.16. The Morgan fingerprint density at radius 2 is 1.58 bits per heavy atom. The maximum Gasteiger partial charge on any atom is 0.0724 e. The topological polar surface area (TPSA) is 37.8 Å². The standard InChI is InChI=1S/C16H29N3/c1-3-4-5-6-7-8-9-10-11-17-13-16-14-18-15(2)12-19-16/h12,14,17H,3-11,13H2,1-2H3. The summed E-state index contributed by atoms with van der Waals surface area (Å²) in [5.41, 5.74) is 2.01. The maximum absolute atomic E-state index is 4.33. The highest BCUT2D eigenvalue weighted by Gasteiger charge is 1.95. The van der Waals surface area contributed by atoms with Crippen LogP contribution in [-0.4, -0.2) is 16.5 Å². The molecule has 0 aromatic carbocycles. The van der Waals surface area contributed by atoms with Crippen molar-refractivity contribution in [2.75, 3.05) is 6.54 Å². The van der Waals surface area contributed by atoms with Crippen LogP contribution in [0.15, 0.2) is 12.4 Å². The first kappa shape index (κ1) is 16.1. The number of nitrogens with one attached hydrogen (secondary N) is 1. The lowest BCUT2D eigenvalue weighted by molar-refractivity contribution is 0.553. The zero-order chi connectivity index (χ0) is 13.8. The van der Waals surface area contributed by atoms with E-state index in [1.807, 2.05) is 19.3 Å². The number of unbranched alkanes of at least 4 members (excludes halogenated alkanes) is 7. The second-order valence-electron chi connectivity index (χ2n) is 5.30. The van der Waals surface area contributed by atoms with Crippen LogP contribution in [-0.2, 0) is 6.54 Å². The molecule has 108 valence electrons. The third-order valence-electron chi connectivity index (χ3n) is 3.35. The van der Waals surface area contributed by atoms with Gasteiger partial charge in [0.1, 0.15) is 0 Å². The molecule has 3 heteroatoms. The molecule has 0 saturated heterocycles. The Bertz CT molecular complexity index is 308. The molecule has 1 aromatic heterocycles. The molecule has 0 aliphatic heterocycles. The smallest absolute Gasteiger partial charge is 0.0724 e. The van der Waals surface area contributed by atoms with Gasteiger partial charge in [0, 0.05) is 18.9 Å². The lowest BCUT2D eigenvalue weighted by Crippen LogP contribution is -2.15. The van der Waals surface area contributed by atoms with Gasteiger partial charge in [0.2, 0.25) is 0 Å². The van der Waals surface area contributed by atoms with E-state index in [2.05, 4.69) is 22.2 Å². The monoisotopic (exact) mass is 263 g/mol. The number of hydrogen-bond donors (Lipinski definition) is 1. The highest BCUT2D eigenvalue weighted by molar-refractivity contribution is 4.99. The Labute approximate surface area is 118 Å². The molecule has 0 amide bonds. The van der Waals surface area contributed by atoms with Gasteiger partial charge in [0.05, 0.1) is 11.4 Å². The van der Waals surface area contributed by atoms with E-state index in [1.165, 1.54) is 51.4 Å². The summed E-state index contributed by atoms with van der Waals surface area (Å²) < 4.78 is 0. The van der Waals surface area contributed by atoms with Gasteiger partial charge in [-0.3, -0.25) is 9.97 Å². The van der Waals surface area contributed by atoms with Crippen molar-refractivity contribution in [2.45, 2.75) is 71.8 Å². The molecule has 0 aliphatic carbocycles. The van der Waals surface area contributed by atoms with Crippen LogP contribution in [0.4, 0.5) is 0 Å². The fourth-order valence-corrected chi connectivity index (χ4v) is 2.11. The molecule has 0 saturated carbocycles. The van der Waals surface area contributed by atoms with E-state index in [0.29, 0.717) is 0 Å². The lowest BCUT2D eigenvalue weighted by atomic mass is 10.1. The SMILES string of the molecule is CCCCCCCCCCNCc1cnc(C)cn1. The summed E-state index contributed by atoms with van der Waals surface area (Å²) in [6.07, 6.45) is 14.7. The van der Waals surface area contributed by atoms with Crippen molar-refractivity contribution >= 4 is 0 Å². The summed E-state index contributed by atoms with van der Waals surface area (Å²) >= 11 is 0. The van der Waals surface area contributed by atoms with Gasteiger partial charge in [-0.2, -0.15) is 0 Å². The summed E-state index contributed by atoms with van der Waals surface area (Å²) in [7, 11) is 0. The van der Waals surface area contributed by atoms with Crippen molar-refractivity contribution in [1.82, 2.24) is 15.3 Å². The zero-order valence-corrected chi connectivity index (χ0v) is 12.6. The molecular weight excluding hydrogens is 234 g/mol. The zero-order valence-electron chi connectivity index (χ0n) is 12.6. The number of aryl methyl sites for hydroxylation is 1. The van der Waals surface area contributed by atoms with Crippen LogP contribution >= 0.6 is 0 Å². The second-order valence-corrected chi connectivity index (χ2v) is 5.30. The van der Waals surface area contributed by atoms with E-state index in [9.17, 15) is 0 Å². The Kier molecular flexibility index (Phi) is 9.25. The molecule has 3 nitrogen and oxygen atoms in total. The third-order valence-corrected chi connectivity index (χ3v) is 3.35. The van der Waals surface area contributed by atoms with Crippen molar-refractivity contribution in [2.24, 2.45) is 0 Å². The predicted molar refractivity (Wildman–Crippen MR) is 81.1 cm³/mol. The Morgan fingerprint density at radius 3 is 2.21 bits per heavy atom. The van der Waals surface area contributed by atoms with E-state index in [1.54, 1.807) is 0 Å². The molecule has 0 unspecified atom stereocenters. The molecule has 0 radical (unpaired) electrons. The second kappa shape index (κ2) is 10.9. The van der Waals surface area contributed by atoms with Crippen LogP contribution in [0.2, 0.25) is 0 Å². The summed E-state index contributed by atoms with van der Waals surface area (Å²) in [5, 5.41) is 3.43. The first-order chi connectivity index (χ1) is 9.33. The minimum Gasteiger partial charge on any atom is -0.311 e. The Morgan fingerprint density at radius 1 is 0.895 bits per heavy atom. The molecule has 0 atom stereocenters. The van der Waals surface area contributed by atoms with Crippen LogP contribution in [0.3, 0.4) is 0 Å². The van der Waals surface area contributed by atoms with E-state index >= 15 is 0 Å². The quantitative estimate of drug-likeness (QED) is 0.613. The first-order valence-corrected chi connectivity index (χ1v) is 7.81.